The first-order valence-corrected chi connectivity index (χ1v) is 8.39. The van der Waals surface area contributed by atoms with Gasteiger partial charge in [0.25, 0.3) is 0 Å². The second-order valence-corrected chi connectivity index (χ2v) is 5.85. The van der Waals surface area contributed by atoms with E-state index in [-0.39, 0.29) is 0 Å². The van der Waals surface area contributed by atoms with Gasteiger partial charge in [-0.15, -0.1) is 0 Å². The summed E-state index contributed by atoms with van der Waals surface area (Å²) in [6.07, 6.45) is 4.47. The lowest BCUT2D eigenvalue weighted by Crippen LogP contribution is -2.37. The molecule has 1 N–H and O–H groups in total. The van der Waals surface area contributed by atoms with Gasteiger partial charge in [-0.1, -0.05) is 20.8 Å². The fourth-order valence-corrected chi connectivity index (χ4v) is 2.83. The Balaban J connectivity index is 2.78. The van der Waals surface area contributed by atoms with Crippen molar-refractivity contribution in [1.29, 1.82) is 0 Å². The van der Waals surface area contributed by atoms with E-state index >= 15 is 0 Å². The Morgan fingerprint density at radius 3 is 2.48 bits per heavy atom. The standard InChI is InChI=1S/C17H33N3O/c1-6-15-12-16(20(9-4)19-15)13-17(7-2,8-3)14-18-10-11-21-5/h12,18H,6-11,13-14H2,1-5H3. The summed E-state index contributed by atoms with van der Waals surface area (Å²) in [5.74, 6) is 0. The predicted molar refractivity (Wildman–Crippen MR) is 88.7 cm³/mol. The van der Waals surface area contributed by atoms with Gasteiger partial charge in [-0.2, -0.15) is 5.10 Å². The molecule has 0 saturated carbocycles. The molecule has 0 aliphatic heterocycles. The van der Waals surface area contributed by atoms with Crippen LogP contribution in [-0.2, 0) is 24.1 Å². The van der Waals surface area contributed by atoms with Crippen LogP contribution in [0.1, 0.15) is 51.9 Å². The van der Waals surface area contributed by atoms with E-state index in [0.717, 1.165) is 39.1 Å². The van der Waals surface area contributed by atoms with Gasteiger partial charge in [-0.05, 0) is 44.1 Å². The molecule has 0 atom stereocenters. The van der Waals surface area contributed by atoms with Crippen LogP contribution in [0.5, 0.6) is 0 Å². The molecule has 1 heterocycles. The number of aryl methyl sites for hydroxylation is 2. The van der Waals surface area contributed by atoms with Gasteiger partial charge in [0.05, 0.1) is 12.3 Å². The summed E-state index contributed by atoms with van der Waals surface area (Å²) in [4.78, 5) is 0. The number of hydrogen-bond acceptors (Lipinski definition) is 3. The number of aromatic nitrogens is 2. The lowest BCUT2D eigenvalue weighted by molar-refractivity contribution is 0.184. The van der Waals surface area contributed by atoms with Crippen LogP contribution in [0.3, 0.4) is 0 Å². The van der Waals surface area contributed by atoms with Crippen molar-refractivity contribution in [1.82, 2.24) is 15.1 Å². The average Bonchev–Trinajstić information content (AvgIpc) is 2.92. The van der Waals surface area contributed by atoms with Gasteiger partial charge in [-0.25, -0.2) is 0 Å². The van der Waals surface area contributed by atoms with Crippen molar-refractivity contribution in [2.45, 2.75) is 59.9 Å². The molecule has 0 unspecified atom stereocenters. The van der Waals surface area contributed by atoms with Crippen molar-refractivity contribution < 1.29 is 4.74 Å². The van der Waals surface area contributed by atoms with Gasteiger partial charge in [0.1, 0.15) is 0 Å². The molecular formula is C17H33N3O. The third-order valence-electron chi connectivity index (χ3n) is 4.61. The van der Waals surface area contributed by atoms with Gasteiger partial charge in [-0.3, -0.25) is 4.68 Å². The van der Waals surface area contributed by atoms with Gasteiger partial charge < -0.3 is 10.1 Å². The smallest absolute Gasteiger partial charge is 0.0624 e. The van der Waals surface area contributed by atoms with Crippen molar-refractivity contribution >= 4 is 0 Å². The van der Waals surface area contributed by atoms with E-state index in [9.17, 15) is 0 Å². The second-order valence-electron chi connectivity index (χ2n) is 5.85. The lowest BCUT2D eigenvalue weighted by atomic mass is 9.78. The zero-order chi connectivity index (χ0) is 15.7. The van der Waals surface area contributed by atoms with E-state index in [4.69, 9.17) is 4.74 Å². The number of nitrogens with one attached hydrogen (secondary N) is 1. The molecule has 0 fully saturated rings. The van der Waals surface area contributed by atoms with Crippen LogP contribution in [-0.4, -0.2) is 36.6 Å². The van der Waals surface area contributed by atoms with Crippen LogP contribution in [0.15, 0.2) is 6.07 Å². The van der Waals surface area contributed by atoms with Crippen molar-refractivity contribution in [3.05, 3.63) is 17.5 Å². The molecule has 0 bridgehead atoms. The summed E-state index contributed by atoms with van der Waals surface area (Å²) in [7, 11) is 1.75. The molecule has 122 valence electrons. The van der Waals surface area contributed by atoms with Crippen LogP contribution in [0.25, 0.3) is 0 Å². The number of hydrogen-bond donors (Lipinski definition) is 1. The summed E-state index contributed by atoms with van der Waals surface area (Å²) < 4.78 is 7.29. The number of rotatable bonds is 11. The first-order valence-electron chi connectivity index (χ1n) is 8.39. The molecule has 0 spiro atoms. The second kappa shape index (κ2) is 9.21. The molecule has 4 heteroatoms. The molecule has 21 heavy (non-hydrogen) atoms. The molecule has 0 aliphatic carbocycles. The highest BCUT2D eigenvalue weighted by Gasteiger charge is 2.27. The molecular weight excluding hydrogens is 262 g/mol. The summed E-state index contributed by atoms with van der Waals surface area (Å²) in [6.45, 7) is 12.6. The van der Waals surface area contributed by atoms with Crippen LogP contribution < -0.4 is 5.32 Å². The summed E-state index contributed by atoms with van der Waals surface area (Å²) in [5, 5.41) is 8.24. The summed E-state index contributed by atoms with van der Waals surface area (Å²) >= 11 is 0. The topological polar surface area (TPSA) is 39.1 Å². The maximum absolute atomic E-state index is 5.12. The minimum atomic E-state index is 0.311. The zero-order valence-electron chi connectivity index (χ0n) is 14.5. The molecule has 1 aromatic heterocycles. The Hall–Kier alpha value is -0.870. The molecule has 1 aromatic rings. The Bertz CT molecular complexity index is 397. The van der Waals surface area contributed by atoms with Crippen molar-refractivity contribution in [2.24, 2.45) is 5.41 Å². The SMILES string of the molecule is CCc1cc(CC(CC)(CC)CNCCOC)n(CC)n1. The van der Waals surface area contributed by atoms with Crippen LogP contribution in [0.2, 0.25) is 0 Å². The Morgan fingerprint density at radius 1 is 1.24 bits per heavy atom. The highest BCUT2D eigenvalue weighted by atomic mass is 16.5. The van der Waals surface area contributed by atoms with Gasteiger partial charge >= 0.3 is 0 Å². The quantitative estimate of drug-likeness (QED) is 0.638. The van der Waals surface area contributed by atoms with Crippen LogP contribution >= 0.6 is 0 Å². The van der Waals surface area contributed by atoms with Crippen molar-refractivity contribution in [3.63, 3.8) is 0 Å². The third kappa shape index (κ3) is 5.11. The lowest BCUT2D eigenvalue weighted by Gasteiger charge is -2.32. The first kappa shape index (κ1) is 18.2. The maximum atomic E-state index is 5.12. The fraction of sp³-hybridized carbons (Fsp3) is 0.824. The summed E-state index contributed by atoms with van der Waals surface area (Å²) in [6, 6.07) is 2.29. The van der Waals surface area contributed by atoms with E-state index in [1.807, 2.05) is 0 Å². The maximum Gasteiger partial charge on any atom is 0.0624 e. The van der Waals surface area contributed by atoms with Gasteiger partial charge in [0.15, 0.2) is 0 Å². The van der Waals surface area contributed by atoms with E-state index in [0.29, 0.717) is 5.41 Å². The monoisotopic (exact) mass is 295 g/mol. The van der Waals surface area contributed by atoms with Crippen LogP contribution in [0, 0.1) is 5.41 Å². The van der Waals surface area contributed by atoms with Crippen molar-refractivity contribution in [3.8, 4) is 0 Å². The highest BCUT2D eigenvalue weighted by Crippen LogP contribution is 2.30. The molecule has 0 radical (unpaired) electrons. The number of methoxy groups -OCH3 is 1. The predicted octanol–water partition coefficient (Wildman–Crippen LogP) is 3.05. The molecule has 4 nitrogen and oxygen atoms in total. The minimum absolute atomic E-state index is 0.311. The molecule has 0 amide bonds. The average molecular weight is 295 g/mol. The normalized spacial score (nSPS) is 12.0. The third-order valence-corrected chi connectivity index (χ3v) is 4.61. The highest BCUT2D eigenvalue weighted by molar-refractivity contribution is 5.13. The molecule has 0 saturated heterocycles. The number of ether oxygens (including phenoxy) is 1. The van der Waals surface area contributed by atoms with Crippen molar-refractivity contribution in [2.75, 3.05) is 26.8 Å². The zero-order valence-corrected chi connectivity index (χ0v) is 14.5. The number of nitrogens with zero attached hydrogens (tertiary/aromatic N) is 2. The molecule has 1 rings (SSSR count). The van der Waals surface area contributed by atoms with E-state index < -0.39 is 0 Å². The molecule has 0 aromatic carbocycles. The Kier molecular flexibility index (Phi) is 7.97. The first-order chi connectivity index (χ1) is 10.1. The minimum Gasteiger partial charge on any atom is -0.383 e. The van der Waals surface area contributed by atoms with E-state index in [2.05, 4.69) is 48.9 Å². The van der Waals surface area contributed by atoms with E-state index in [1.54, 1.807) is 7.11 Å². The van der Waals surface area contributed by atoms with Gasteiger partial charge in [0, 0.05) is 32.4 Å². The summed E-state index contributed by atoms with van der Waals surface area (Å²) in [5.41, 5.74) is 2.90. The largest absolute Gasteiger partial charge is 0.383 e. The Labute approximate surface area is 130 Å². The van der Waals surface area contributed by atoms with Gasteiger partial charge in [0.2, 0.25) is 0 Å². The molecule has 0 aliphatic rings. The Morgan fingerprint density at radius 2 is 1.95 bits per heavy atom. The van der Waals surface area contributed by atoms with E-state index in [1.165, 1.54) is 24.2 Å². The van der Waals surface area contributed by atoms with Crippen LogP contribution in [0.4, 0.5) is 0 Å². The fourth-order valence-electron chi connectivity index (χ4n) is 2.83.